The number of unbranched alkanes of at least 4 members (excludes halogenated alkanes) is 2. The molecule has 1 saturated heterocycles. The smallest absolute Gasteiger partial charge is 0.311 e. The molecule has 0 unspecified atom stereocenters. The summed E-state index contributed by atoms with van der Waals surface area (Å²) in [7, 11) is 0. The van der Waals surface area contributed by atoms with Gasteiger partial charge in [-0.05, 0) is 19.3 Å². The monoisotopic (exact) mass is 257 g/mol. The van der Waals surface area contributed by atoms with Crippen LogP contribution in [-0.2, 0) is 14.3 Å². The van der Waals surface area contributed by atoms with E-state index >= 15 is 0 Å². The summed E-state index contributed by atoms with van der Waals surface area (Å²) in [5.74, 6) is -0.879. The van der Waals surface area contributed by atoms with Crippen molar-refractivity contribution in [2.24, 2.45) is 5.41 Å². The predicted octanol–water partition coefficient (Wildman–Crippen LogP) is 1.56. The van der Waals surface area contributed by atoms with Crippen LogP contribution in [0.2, 0.25) is 0 Å². The molecule has 0 radical (unpaired) electrons. The molecular formula is C13H23NO4. The Kier molecular flexibility index (Phi) is 6.12. The van der Waals surface area contributed by atoms with Crippen LogP contribution in [-0.4, -0.2) is 36.7 Å². The standard InChI is InChI=1S/C13H23NO4/c1-2-3-4-5-11(15)14-10-13(12(16)17)6-8-18-9-7-13/h2-10H2,1H3,(H,14,15)(H,16,17). The molecule has 0 aliphatic carbocycles. The Labute approximate surface area is 108 Å². The van der Waals surface area contributed by atoms with E-state index in [1.165, 1.54) is 0 Å². The van der Waals surface area contributed by atoms with Gasteiger partial charge in [0.05, 0.1) is 5.41 Å². The summed E-state index contributed by atoms with van der Waals surface area (Å²) < 4.78 is 5.19. The Hall–Kier alpha value is -1.10. The van der Waals surface area contributed by atoms with Gasteiger partial charge in [-0.25, -0.2) is 0 Å². The summed E-state index contributed by atoms with van der Waals surface area (Å²) in [5, 5.41) is 12.1. The van der Waals surface area contributed by atoms with E-state index in [0.717, 1.165) is 19.3 Å². The van der Waals surface area contributed by atoms with Crippen LogP contribution in [0.4, 0.5) is 0 Å². The Morgan fingerprint density at radius 1 is 1.28 bits per heavy atom. The first kappa shape index (κ1) is 15.0. The van der Waals surface area contributed by atoms with Crippen molar-refractivity contribution in [3.63, 3.8) is 0 Å². The molecule has 1 rings (SSSR count). The third-order valence-electron chi connectivity index (χ3n) is 3.53. The quantitative estimate of drug-likeness (QED) is 0.679. The fourth-order valence-corrected chi connectivity index (χ4v) is 2.12. The molecule has 0 aromatic rings. The Bertz CT molecular complexity index is 285. The molecule has 1 aliphatic heterocycles. The molecule has 5 nitrogen and oxygen atoms in total. The van der Waals surface area contributed by atoms with Crippen LogP contribution in [0.15, 0.2) is 0 Å². The van der Waals surface area contributed by atoms with Gasteiger partial charge in [0.25, 0.3) is 0 Å². The maximum atomic E-state index is 11.6. The van der Waals surface area contributed by atoms with Crippen molar-refractivity contribution in [3.8, 4) is 0 Å². The highest BCUT2D eigenvalue weighted by atomic mass is 16.5. The topological polar surface area (TPSA) is 75.6 Å². The minimum atomic E-state index is -0.835. The number of nitrogens with one attached hydrogen (secondary N) is 1. The maximum Gasteiger partial charge on any atom is 0.311 e. The highest BCUT2D eigenvalue weighted by Crippen LogP contribution is 2.30. The number of hydrogen-bond acceptors (Lipinski definition) is 3. The lowest BCUT2D eigenvalue weighted by atomic mass is 9.80. The summed E-state index contributed by atoms with van der Waals surface area (Å²) in [5.41, 5.74) is -0.835. The zero-order valence-corrected chi connectivity index (χ0v) is 11.0. The average molecular weight is 257 g/mol. The second-order valence-corrected chi connectivity index (χ2v) is 4.93. The molecule has 2 N–H and O–H groups in total. The minimum Gasteiger partial charge on any atom is -0.481 e. The number of rotatable bonds is 7. The summed E-state index contributed by atoms with van der Waals surface area (Å²) in [6.07, 6.45) is 4.40. The van der Waals surface area contributed by atoms with Gasteiger partial charge < -0.3 is 15.2 Å². The number of carboxylic acid groups (broad SMARTS) is 1. The Morgan fingerprint density at radius 3 is 2.50 bits per heavy atom. The van der Waals surface area contributed by atoms with Gasteiger partial charge in [-0.2, -0.15) is 0 Å². The fraction of sp³-hybridized carbons (Fsp3) is 0.846. The van der Waals surface area contributed by atoms with Gasteiger partial charge in [0, 0.05) is 26.2 Å². The summed E-state index contributed by atoms with van der Waals surface area (Å²) in [6.45, 7) is 3.21. The zero-order valence-electron chi connectivity index (χ0n) is 11.0. The number of aliphatic carboxylic acids is 1. The number of ether oxygens (including phenoxy) is 1. The van der Waals surface area contributed by atoms with E-state index in [4.69, 9.17) is 4.74 Å². The summed E-state index contributed by atoms with van der Waals surface area (Å²) in [6, 6.07) is 0. The second kappa shape index (κ2) is 7.36. The number of hydrogen-bond donors (Lipinski definition) is 2. The number of carbonyl (C=O) groups excluding carboxylic acids is 1. The second-order valence-electron chi connectivity index (χ2n) is 4.93. The molecule has 0 atom stereocenters. The van der Waals surface area contributed by atoms with E-state index in [1.54, 1.807) is 0 Å². The molecule has 0 spiro atoms. The molecule has 104 valence electrons. The van der Waals surface area contributed by atoms with Gasteiger partial charge in [0.15, 0.2) is 0 Å². The van der Waals surface area contributed by atoms with Crippen molar-refractivity contribution in [3.05, 3.63) is 0 Å². The molecule has 5 heteroatoms. The van der Waals surface area contributed by atoms with Crippen LogP contribution in [0.25, 0.3) is 0 Å². The zero-order chi connectivity index (χ0) is 13.4. The molecule has 0 aromatic carbocycles. The normalized spacial score (nSPS) is 18.3. The van der Waals surface area contributed by atoms with E-state index in [9.17, 15) is 14.7 Å². The van der Waals surface area contributed by atoms with Gasteiger partial charge in [-0.15, -0.1) is 0 Å². The summed E-state index contributed by atoms with van der Waals surface area (Å²) in [4.78, 5) is 22.9. The van der Waals surface area contributed by atoms with E-state index < -0.39 is 11.4 Å². The Balaban J connectivity index is 2.38. The van der Waals surface area contributed by atoms with Crippen molar-refractivity contribution in [1.82, 2.24) is 5.32 Å². The van der Waals surface area contributed by atoms with Crippen LogP contribution in [0.1, 0.15) is 45.4 Å². The van der Waals surface area contributed by atoms with Gasteiger partial charge in [-0.1, -0.05) is 19.8 Å². The highest BCUT2D eigenvalue weighted by Gasteiger charge is 2.40. The third kappa shape index (κ3) is 4.29. The van der Waals surface area contributed by atoms with E-state index in [1.807, 2.05) is 0 Å². The van der Waals surface area contributed by atoms with Crippen molar-refractivity contribution in [2.75, 3.05) is 19.8 Å². The van der Waals surface area contributed by atoms with Gasteiger partial charge in [0.2, 0.25) is 5.91 Å². The molecule has 18 heavy (non-hydrogen) atoms. The van der Waals surface area contributed by atoms with Gasteiger partial charge >= 0.3 is 5.97 Å². The van der Waals surface area contributed by atoms with Crippen molar-refractivity contribution < 1.29 is 19.4 Å². The molecule has 1 heterocycles. The minimum absolute atomic E-state index is 0.0458. The first-order valence-corrected chi connectivity index (χ1v) is 6.68. The van der Waals surface area contributed by atoms with Crippen LogP contribution >= 0.6 is 0 Å². The first-order valence-electron chi connectivity index (χ1n) is 6.68. The van der Waals surface area contributed by atoms with E-state index in [0.29, 0.717) is 32.5 Å². The lowest BCUT2D eigenvalue weighted by Gasteiger charge is -2.33. The van der Waals surface area contributed by atoms with E-state index in [-0.39, 0.29) is 12.5 Å². The molecule has 1 aliphatic rings. The number of carboxylic acids is 1. The number of carbonyl (C=O) groups is 2. The SMILES string of the molecule is CCCCCC(=O)NCC1(C(=O)O)CCOCC1. The largest absolute Gasteiger partial charge is 0.481 e. The van der Waals surface area contributed by atoms with Crippen LogP contribution in [0.5, 0.6) is 0 Å². The molecule has 1 amide bonds. The van der Waals surface area contributed by atoms with Crippen LogP contribution in [0, 0.1) is 5.41 Å². The Morgan fingerprint density at radius 2 is 1.94 bits per heavy atom. The van der Waals surface area contributed by atoms with Crippen molar-refractivity contribution in [1.29, 1.82) is 0 Å². The molecule has 0 saturated carbocycles. The summed E-state index contributed by atoms with van der Waals surface area (Å²) >= 11 is 0. The lowest BCUT2D eigenvalue weighted by molar-refractivity contribution is -0.154. The maximum absolute atomic E-state index is 11.6. The number of amides is 1. The molecule has 0 bridgehead atoms. The predicted molar refractivity (Wildman–Crippen MR) is 67.3 cm³/mol. The molecular weight excluding hydrogens is 234 g/mol. The van der Waals surface area contributed by atoms with Gasteiger partial charge in [0.1, 0.15) is 0 Å². The molecule has 0 aromatic heterocycles. The third-order valence-corrected chi connectivity index (χ3v) is 3.53. The van der Waals surface area contributed by atoms with Gasteiger partial charge in [-0.3, -0.25) is 9.59 Å². The van der Waals surface area contributed by atoms with Crippen LogP contribution in [0.3, 0.4) is 0 Å². The average Bonchev–Trinajstić information content (AvgIpc) is 2.37. The van der Waals surface area contributed by atoms with E-state index in [2.05, 4.69) is 12.2 Å². The van der Waals surface area contributed by atoms with Crippen molar-refractivity contribution >= 4 is 11.9 Å². The molecule has 1 fully saturated rings. The highest BCUT2D eigenvalue weighted by molar-refractivity contribution is 5.79. The van der Waals surface area contributed by atoms with Crippen LogP contribution < -0.4 is 5.32 Å². The van der Waals surface area contributed by atoms with Crippen molar-refractivity contribution in [2.45, 2.75) is 45.4 Å². The fourth-order valence-electron chi connectivity index (χ4n) is 2.12. The lowest BCUT2D eigenvalue weighted by Crippen LogP contribution is -2.46. The first-order chi connectivity index (χ1) is 8.60.